The molecule has 1 heterocycles. The summed E-state index contributed by atoms with van der Waals surface area (Å²) in [5.41, 5.74) is 5.24. The van der Waals surface area contributed by atoms with Gasteiger partial charge in [0.15, 0.2) is 0 Å². The molecule has 5 heteroatoms. The van der Waals surface area contributed by atoms with Gasteiger partial charge in [-0.05, 0) is 6.92 Å². The van der Waals surface area contributed by atoms with Gasteiger partial charge in [-0.1, -0.05) is 0 Å². The molecule has 0 aliphatic carbocycles. The van der Waals surface area contributed by atoms with Gasteiger partial charge in [0.05, 0.1) is 6.54 Å². The van der Waals surface area contributed by atoms with Crippen molar-refractivity contribution in [1.29, 1.82) is 0 Å². The lowest BCUT2D eigenvalue weighted by atomic mass is 10.2. The van der Waals surface area contributed by atoms with Gasteiger partial charge in [0.1, 0.15) is 0 Å². The Morgan fingerprint density at radius 2 is 2.42 bits per heavy atom. The van der Waals surface area contributed by atoms with Crippen molar-refractivity contribution in [2.75, 3.05) is 26.2 Å². The maximum Gasteiger partial charge on any atom is 0.236 e. The Labute approximate surface area is 78.9 Å². The van der Waals surface area contributed by atoms with E-state index in [4.69, 9.17) is 5.73 Å². The SMILES string of the molecule is C[C@@H]1CN(C(=O)CN)CCN1.Cl. The first-order valence-electron chi connectivity index (χ1n) is 3.95. The summed E-state index contributed by atoms with van der Waals surface area (Å²) in [7, 11) is 0. The number of amides is 1. The van der Waals surface area contributed by atoms with Gasteiger partial charge in [-0.25, -0.2) is 0 Å². The van der Waals surface area contributed by atoms with Gasteiger partial charge in [0.2, 0.25) is 5.91 Å². The number of nitrogens with one attached hydrogen (secondary N) is 1. The summed E-state index contributed by atoms with van der Waals surface area (Å²) in [5.74, 6) is 0.0540. The number of nitrogens with two attached hydrogens (primary N) is 1. The molecule has 1 amide bonds. The highest BCUT2D eigenvalue weighted by atomic mass is 35.5. The van der Waals surface area contributed by atoms with Crippen LogP contribution in [-0.2, 0) is 4.79 Å². The smallest absolute Gasteiger partial charge is 0.236 e. The van der Waals surface area contributed by atoms with Crippen LogP contribution >= 0.6 is 12.4 Å². The van der Waals surface area contributed by atoms with Gasteiger partial charge in [-0.15, -0.1) is 12.4 Å². The summed E-state index contributed by atoms with van der Waals surface area (Å²) in [6, 6.07) is 0.402. The fraction of sp³-hybridized carbons (Fsp3) is 0.857. The first-order valence-corrected chi connectivity index (χ1v) is 3.95. The zero-order chi connectivity index (χ0) is 8.27. The van der Waals surface area contributed by atoms with Crippen molar-refractivity contribution in [1.82, 2.24) is 10.2 Å². The van der Waals surface area contributed by atoms with Crippen molar-refractivity contribution in [3.63, 3.8) is 0 Å². The number of halogens is 1. The van der Waals surface area contributed by atoms with E-state index >= 15 is 0 Å². The van der Waals surface area contributed by atoms with Crippen LogP contribution in [-0.4, -0.2) is 43.0 Å². The summed E-state index contributed by atoms with van der Waals surface area (Å²) in [5, 5.41) is 3.26. The van der Waals surface area contributed by atoms with Gasteiger partial charge in [0.25, 0.3) is 0 Å². The fourth-order valence-corrected chi connectivity index (χ4v) is 1.29. The lowest BCUT2D eigenvalue weighted by Crippen LogP contribution is -2.52. The topological polar surface area (TPSA) is 58.4 Å². The molecule has 3 N–H and O–H groups in total. The fourth-order valence-electron chi connectivity index (χ4n) is 1.29. The Balaban J connectivity index is 0.00000121. The van der Waals surface area contributed by atoms with Crippen LogP contribution in [0.3, 0.4) is 0 Å². The zero-order valence-corrected chi connectivity index (χ0v) is 8.06. The van der Waals surface area contributed by atoms with E-state index in [2.05, 4.69) is 12.2 Å². The molecule has 0 saturated carbocycles. The molecule has 0 unspecified atom stereocenters. The molecule has 72 valence electrons. The zero-order valence-electron chi connectivity index (χ0n) is 7.25. The van der Waals surface area contributed by atoms with Gasteiger partial charge in [0, 0.05) is 25.7 Å². The predicted molar refractivity (Wildman–Crippen MR) is 50.3 cm³/mol. The summed E-state index contributed by atoms with van der Waals surface area (Å²) in [6.45, 7) is 4.66. The van der Waals surface area contributed by atoms with E-state index < -0.39 is 0 Å². The minimum atomic E-state index is 0. The van der Waals surface area contributed by atoms with Crippen molar-refractivity contribution >= 4 is 18.3 Å². The second-order valence-corrected chi connectivity index (χ2v) is 2.90. The van der Waals surface area contributed by atoms with Crippen LogP contribution in [0.5, 0.6) is 0 Å². The van der Waals surface area contributed by atoms with Crippen LogP contribution in [0.4, 0.5) is 0 Å². The number of carbonyl (C=O) groups is 1. The van der Waals surface area contributed by atoms with Crippen LogP contribution in [0.1, 0.15) is 6.92 Å². The number of carbonyl (C=O) groups excluding carboxylic acids is 1. The molecular weight excluding hydrogens is 178 g/mol. The Morgan fingerprint density at radius 1 is 1.75 bits per heavy atom. The molecular formula is C7H16ClN3O. The van der Waals surface area contributed by atoms with E-state index in [1.54, 1.807) is 4.90 Å². The average Bonchev–Trinajstić information content (AvgIpc) is 2.03. The highest BCUT2D eigenvalue weighted by Crippen LogP contribution is 1.97. The summed E-state index contributed by atoms with van der Waals surface area (Å²) >= 11 is 0. The van der Waals surface area contributed by atoms with E-state index in [0.29, 0.717) is 6.04 Å². The molecule has 0 aromatic carbocycles. The molecule has 0 aromatic rings. The molecule has 12 heavy (non-hydrogen) atoms. The van der Waals surface area contributed by atoms with E-state index in [0.717, 1.165) is 19.6 Å². The van der Waals surface area contributed by atoms with Crippen molar-refractivity contribution < 1.29 is 4.79 Å². The van der Waals surface area contributed by atoms with Gasteiger partial charge in [-0.2, -0.15) is 0 Å². The molecule has 1 saturated heterocycles. The van der Waals surface area contributed by atoms with E-state index in [1.807, 2.05) is 0 Å². The first kappa shape index (κ1) is 11.7. The maximum atomic E-state index is 11.1. The molecule has 1 atom stereocenters. The molecule has 0 radical (unpaired) electrons. The minimum Gasteiger partial charge on any atom is -0.339 e. The Hall–Kier alpha value is -0.320. The summed E-state index contributed by atoms with van der Waals surface area (Å²) < 4.78 is 0. The average molecular weight is 194 g/mol. The highest BCUT2D eigenvalue weighted by molar-refractivity contribution is 5.85. The van der Waals surface area contributed by atoms with Crippen LogP contribution in [0, 0.1) is 0 Å². The van der Waals surface area contributed by atoms with E-state index in [-0.39, 0.29) is 24.9 Å². The molecule has 4 nitrogen and oxygen atoms in total. The van der Waals surface area contributed by atoms with E-state index in [1.165, 1.54) is 0 Å². The lowest BCUT2D eigenvalue weighted by Gasteiger charge is -2.31. The van der Waals surface area contributed by atoms with Gasteiger partial charge >= 0.3 is 0 Å². The number of piperazine rings is 1. The Morgan fingerprint density at radius 3 is 2.92 bits per heavy atom. The molecule has 1 fully saturated rings. The second kappa shape index (κ2) is 5.35. The third-order valence-corrected chi connectivity index (χ3v) is 1.90. The third-order valence-electron chi connectivity index (χ3n) is 1.90. The highest BCUT2D eigenvalue weighted by Gasteiger charge is 2.18. The van der Waals surface area contributed by atoms with E-state index in [9.17, 15) is 4.79 Å². The molecule has 0 spiro atoms. The van der Waals surface area contributed by atoms with Crippen molar-refractivity contribution in [2.45, 2.75) is 13.0 Å². The Kier molecular flexibility index (Phi) is 5.20. The summed E-state index contributed by atoms with van der Waals surface area (Å²) in [4.78, 5) is 12.9. The minimum absolute atomic E-state index is 0. The quantitative estimate of drug-likeness (QED) is 0.573. The standard InChI is InChI=1S/C7H15N3O.ClH/c1-6-5-10(3-2-9-6)7(11)4-8;/h6,9H,2-5,8H2,1H3;1H/t6-;/m1./s1. The monoisotopic (exact) mass is 193 g/mol. The molecule has 0 bridgehead atoms. The molecule has 0 aromatic heterocycles. The Bertz CT molecular complexity index is 154. The first-order chi connectivity index (χ1) is 5.24. The van der Waals surface area contributed by atoms with Gasteiger partial charge < -0.3 is 16.0 Å². The third kappa shape index (κ3) is 2.97. The van der Waals surface area contributed by atoms with Crippen molar-refractivity contribution in [3.8, 4) is 0 Å². The largest absolute Gasteiger partial charge is 0.339 e. The normalized spacial score (nSPS) is 23.2. The number of hydrogen-bond donors (Lipinski definition) is 2. The maximum absolute atomic E-state index is 11.1. The number of rotatable bonds is 1. The predicted octanol–water partition coefficient (Wildman–Crippen LogP) is -0.813. The van der Waals surface area contributed by atoms with Crippen molar-refractivity contribution in [3.05, 3.63) is 0 Å². The van der Waals surface area contributed by atoms with Crippen LogP contribution in [0.15, 0.2) is 0 Å². The molecule has 1 aliphatic rings. The van der Waals surface area contributed by atoms with Crippen LogP contribution in [0.2, 0.25) is 0 Å². The van der Waals surface area contributed by atoms with Crippen LogP contribution in [0.25, 0.3) is 0 Å². The molecule has 1 rings (SSSR count). The number of nitrogens with zero attached hydrogens (tertiary/aromatic N) is 1. The molecule has 1 aliphatic heterocycles. The lowest BCUT2D eigenvalue weighted by molar-refractivity contribution is -0.130. The van der Waals surface area contributed by atoms with Gasteiger partial charge in [-0.3, -0.25) is 4.79 Å². The second-order valence-electron chi connectivity index (χ2n) is 2.90. The van der Waals surface area contributed by atoms with Crippen LogP contribution < -0.4 is 11.1 Å². The van der Waals surface area contributed by atoms with Crippen molar-refractivity contribution in [2.24, 2.45) is 5.73 Å². The number of hydrogen-bond acceptors (Lipinski definition) is 3. The summed E-state index contributed by atoms with van der Waals surface area (Å²) in [6.07, 6.45) is 0.